The average molecular weight is 317 g/mol. The molecule has 2 heterocycles. The molecule has 0 radical (unpaired) electrons. The van der Waals surface area contributed by atoms with E-state index in [2.05, 4.69) is 10.4 Å². The number of ether oxygens (including phenoxy) is 1. The normalized spacial score (nSPS) is 13.3. The summed E-state index contributed by atoms with van der Waals surface area (Å²) in [7, 11) is 0. The van der Waals surface area contributed by atoms with Crippen LogP contribution in [0.5, 0.6) is 0 Å². The summed E-state index contributed by atoms with van der Waals surface area (Å²) in [4.78, 5) is 35.0. The van der Waals surface area contributed by atoms with Gasteiger partial charge in [-0.25, -0.2) is 4.52 Å². The minimum atomic E-state index is -0.466. The van der Waals surface area contributed by atoms with Crippen molar-refractivity contribution < 1.29 is 19.1 Å². The summed E-state index contributed by atoms with van der Waals surface area (Å²) in [6.45, 7) is 5.47. The van der Waals surface area contributed by atoms with E-state index in [0.717, 1.165) is 0 Å². The zero-order valence-corrected chi connectivity index (χ0v) is 13.3. The summed E-state index contributed by atoms with van der Waals surface area (Å²) in [5.41, 5.74) is 1.33. The third kappa shape index (κ3) is 3.56. The second-order valence-electron chi connectivity index (χ2n) is 5.27. The molecule has 0 fully saturated rings. The fraction of sp³-hybridized carbons (Fsp3) is 0.375. The van der Waals surface area contributed by atoms with E-state index in [1.807, 2.05) is 0 Å². The van der Waals surface area contributed by atoms with Crippen LogP contribution in [-0.2, 0) is 9.53 Å². The van der Waals surface area contributed by atoms with Crippen LogP contribution in [-0.4, -0.2) is 40.4 Å². The number of aldehydes is 1. The maximum absolute atomic E-state index is 12.4. The molecule has 2 atom stereocenters. The first kappa shape index (κ1) is 16.7. The molecule has 0 aromatic carbocycles. The van der Waals surface area contributed by atoms with E-state index >= 15 is 0 Å². The number of carbonyl (C=O) groups is 3. The van der Waals surface area contributed by atoms with E-state index in [9.17, 15) is 14.4 Å². The van der Waals surface area contributed by atoms with E-state index in [-0.39, 0.29) is 11.9 Å². The lowest BCUT2D eigenvalue weighted by Crippen LogP contribution is -2.40. The molecule has 0 spiro atoms. The van der Waals surface area contributed by atoms with Crippen LogP contribution in [0.15, 0.2) is 24.5 Å². The van der Waals surface area contributed by atoms with Gasteiger partial charge in [-0.2, -0.15) is 5.10 Å². The highest BCUT2D eigenvalue weighted by molar-refractivity contribution is 6.01. The van der Waals surface area contributed by atoms with Gasteiger partial charge in [-0.15, -0.1) is 0 Å². The van der Waals surface area contributed by atoms with Gasteiger partial charge in [0, 0.05) is 17.8 Å². The molecular formula is C16H19N3O4. The van der Waals surface area contributed by atoms with E-state index < -0.39 is 12.0 Å². The Balaban J connectivity index is 2.17. The summed E-state index contributed by atoms with van der Waals surface area (Å²) in [6.07, 6.45) is 3.75. The van der Waals surface area contributed by atoms with Gasteiger partial charge in [0.15, 0.2) is 0 Å². The average Bonchev–Trinajstić information content (AvgIpc) is 2.97. The van der Waals surface area contributed by atoms with Gasteiger partial charge in [0.1, 0.15) is 6.29 Å². The van der Waals surface area contributed by atoms with Crippen LogP contribution in [0.2, 0.25) is 0 Å². The Hall–Kier alpha value is -2.70. The van der Waals surface area contributed by atoms with Crippen molar-refractivity contribution in [1.29, 1.82) is 0 Å². The molecule has 0 aliphatic carbocycles. The zero-order valence-electron chi connectivity index (χ0n) is 13.3. The molecule has 0 aliphatic heterocycles. The number of hydrogen-bond donors (Lipinski definition) is 1. The van der Waals surface area contributed by atoms with Crippen molar-refractivity contribution in [3.63, 3.8) is 0 Å². The first-order chi connectivity index (χ1) is 11.0. The van der Waals surface area contributed by atoms with Gasteiger partial charge in [-0.1, -0.05) is 0 Å². The van der Waals surface area contributed by atoms with Gasteiger partial charge in [0.05, 0.1) is 29.8 Å². The smallest absolute Gasteiger partial charge is 0.310 e. The molecule has 0 saturated carbocycles. The highest BCUT2D eigenvalue weighted by Crippen LogP contribution is 2.13. The van der Waals surface area contributed by atoms with Crippen molar-refractivity contribution in [1.82, 2.24) is 14.9 Å². The molecule has 2 rings (SSSR count). The van der Waals surface area contributed by atoms with Crippen LogP contribution < -0.4 is 5.32 Å². The molecule has 122 valence electrons. The molecule has 1 amide bonds. The van der Waals surface area contributed by atoms with Gasteiger partial charge in [-0.3, -0.25) is 14.4 Å². The lowest BCUT2D eigenvalue weighted by molar-refractivity contribution is -0.148. The molecule has 2 unspecified atom stereocenters. The number of pyridine rings is 1. The molecule has 0 bridgehead atoms. The SMILES string of the molecule is CCOC(=O)C(C)C(C)NC(=O)c1cnn2ccc(C=O)cc12. The Morgan fingerprint density at radius 2 is 2.17 bits per heavy atom. The Bertz CT molecular complexity index is 738. The van der Waals surface area contributed by atoms with Crippen molar-refractivity contribution in [2.24, 2.45) is 5.92 Å². The van der Waals surface area contributed by atoms with E-state index in [1.165, 1.54) is 10.7 Å². The predicted molar refractivity (Wildman–Crippen MR) is 83.3 cm³/mol. The summed E-state index contributed by atoms with van der Waals surface area (Å²) in [5, 5.41) is 6.85. The molecule has 2 aromatic heterocycles. The fourth-order valence-corrected chi connectivity index (χ4v) is 2.13. The molecule has 0 saturated heterocycles. The van der Waals surface area contributed by atoms with Crippen molar-refractivity contribution in [3.05, 3.63) is 35.7 Å². The first-order valence-electron chi connectivity index (χ1n) is 7.38. The van der Waals surface area contributed by atoms with Gasteiger partial charge < -0.3 is 10.1 Å². The van der Waals surface area contributed by atoms with Gasteiger partial charge >= 0.3 is 5.97 Å². The number of esters is 1. The van der Waals surface area contributed by atoms with Crippen molar-refractivity contribution in [2.75, 3.05) is 6.61 Å². The lowest BCUT2D eigenvalue weighted by atomic mass is 10.0. The third-order valence-electron chi connectivity index (χ3n) is 3.69. The van der Waals surface area contributed by atoms with Crippen molar-refractivity contribution >= 4 is 23.7 Å². The molecule has 2 aromatic rings. The summed E-state index contributed by atoms with van der Waals surface area (Å²) >= 11 is 0. The van der Waals surface area contributed by atoms with Gasteiger partial charge in [0.25, 0.3) is 5.91 Å². The van der Waals surface area contributed by atoms with Gasteiger partial charge in [0.2, 0.25) is 0 Å². The van der Waals surface area contributed by atoms with Gasteiger partial charge in [-0.05, 0) is 32.9 Å². The minimum absolute atomic E-state index is 0.298. The second kappa shape index (κ2) is 7.04. The number of carbonyl (C=O) groups excluding carboxylic acids is 3. The fourth-order valence-electron chi connectivity index (χ4n) is 2.13. The molecule has 23 heavy (non-hydrogen) atoms. The van der Waals surface area contributed by atoms with Crippen molar-refractivity contribution in [2.45, 2.75) is 26.8 Å². The topological polar surface area (TPSA) is 89.8 Å². The monoisotopic (exact) mass is 317 g/mol. The number of rotatable bonds is 6. The Morgan fingerprint density at radius 3 is 2.83 bits per heavy atom. The van der Waals surface area contributed by atoms with Crippen LogP contribution in [0.1, 0.15) is 41.5 Å². The molecule has 1 N–H and O–H groups in total. The largest absolute Gasteiger partial charge is 0.466 e. The van der Waals surface area contributed by atoms with Crippen molar-refractivity contribution in [3.8, 4) is 0 Å². The molecule has 7 heteroatoms. The highest BCUT2D eigenvalue weighted by atomic mass is 16.5. The van der Waals surface area contributed by atoms with Crippen LogP contribution in [0, 0.1) is 5.92 Å². The minimum Gasteiger partial charge on any atom is -0.466 e. The van der Waals surface area contributed by atoms with E-state index in [4.69, 9.17) is 4.74 Å². The zero-order chi connectivity index (χ0) is 17.0. The molecular weight excluding hydrogens is 298 g/mol. The van der Waals surface area contributed by atoms with Crippen LogP contribution in [0.3, 0.4) is 0 Å². The highest BCUT2D eigenvalue weighted by Gasteiger charge is 2.24. The van der Waals surface area contributed by atoms with Crippen LogP contribution in [0.25, 0.3) is 5.52 Å². The quantitative estimate of drug-likeness (QED) is 0.643. The second-order valence-corrected chi connectivity index (χ2v) is 5.27. The van der Waals surface area contributed by atoms with Crippen LogP contribution in [0.4, 0.5) is 0 Å². The van der Waals surface area contributed by atoms with E-state index in [1.54, 1.807) is 39.1 Å². The molecule has 0 aliphatic rings. The van der Waals surface area contributed by atoms with E-state index in [0.29, 0.717) is 29.5 Å². The third-order valence-corrected chi connectivity index (χ3v) is 3.69. The maximum atomic E-state index is 12.4. The molecule has 7 nitrogen and oxygen atoms in total. The number of fused-ring (bicyclic) bond motifs is 1. The summed E-state index contributed by atoms with van der Waals surface area (Å²) in [6, 6.07) is 2.81. The Kier molecular flexibility index (Phi) is 5.10. The Labute approximate surface area is 133 Å². The number of amides is 1. The number of hydrogen-bond acceptors (Lipinski definition) is 5. The lowest BCUT2D eigenvalue weighted by Gasteiger charge is -2.19. The van der Waals surface area contributed by atoms with Crippen LogP contribution >= 0.6 is 0 Å². The summed E-state index contributed by atoms with van der Waals surface area (Å²) in [5.74, 6) is -1.18. The Morgan fingerprint density at radius 1 is 1.43 bits per heavy atom. The first-order valence-corrected chi connectivity index (χ1v) is 7.38. The number of aromatic nitrogens is 2. The maximum Gasteiger partial charge on any atom is 0.310 e. The number of nitrogens with one attached hydrogen (secondary N) is 1. The summed E-state index contributed by atoms with van der Waals surface area (Å²) < 4.78 is 6.47. The predicted octanol–water partition coefficient (Wildman–Crippen LogP) is 1.46. The number of nitrogens with zero attached hydrogens (tertiary/aromatic N) is 2. The standard InChI is InChI=1S/C16H19N3O4/c1-4-23-16(22)10(2)11(3)18-15(21)13-8-17-19-6-5-12(9-20)7-14(13)19/h5-11H,4H2,1-3H3,(H,18,21).